The molecule has 0 aliphatic rings. The minimum absolute atomic E-state index is 0.0288. The van der Waals surface area contributed by atoms with Gasteiger partial charge in [0.25, 0.3) is 5.91 Å². The third-order valence-corrected chi connectivity index (χ3v) is 3.16. The van der Waals surface area contributed by atoms with Crippen LogP contribution in [0.2, 0.25) is 0 Å². The third-order valence-electron chi connectivity index (χ3n) is 3.16. The molecule has 0 fully saturated rings. The van der Waals surface area contributed by atoms with Crippen LogP contribution in [0.1, 0.15) is 29.4 Å². The highest BCUT2D eigenvalue weighted by atomic mass is 16.1. The van der Waals surface area contributed by atoms with Crippen molar-refractivity contribution in [2.75, 3.05) is 6.54 Å². The van der Waals surface area contributed by atoms with Crippen LogP contribution < -0.4 is 5.32 Å². The Hall–Kier alpha value is -1.77. The number of fused-ring (bicyclic) bond motifs is 1. The Labute approximate surface area is 101 Å². The number of aromatic nitrogens is 1. The predicted molar refractivity (Wildman–Crippen MR) is 70.3 cm³/mol. The average Bonchev–Trinajstić information content (AvgIpc) is 2.60. The highest BCUT2D eigenvalue weighted by molar-refractivity contribution is 6.08. The summed E-state index contributed by atoms with van der Waals surface area (Å²) < 4.78 is 2.07. The maximum Gasteiger partial charge on any atom is 0.253 e. The summed E-state index contributed by atoms with van der Waals surface area (Å²) in [6, 6.07) is 8.01. The molecule has 0 saturated carbocycles. The van der Waals surface area contributed by atoms with Gasteiger partial charge >= 0.3 is 0 Å². The first-order valence-corrected chi connectivity index (χ1v) is 5.99. The van der Waals surface area contributed by atoms with Gasteiger partial charge < -0.3 is 9.88 Å². The summed E-state index contributed by atoms with van der Waals surface area (Å²) in [5, 5.41) is 3.97. The molecule has 0 bridgehead atoms. The van der Waals surface area contributed by atoms with Gasteiger partial charge in [0.05, 0.1) is 5.56 Å². The molecule has 2 aromatic rings. The number of carbonyl (C=O) groups excluding carboxylic acids is 1. The van der Waals surface area contributed by atoms with Crippen LogP contribution in [0.25, 0.3) is 10.9 Å². The minimum atomic E-state index is 0.0288. The van der Waals surface area contributed by atoms with E-state index in [4.69, 9.17) is 0 Å². The molecule has 0 radical (unpaired) electrons. The molecule has 1 amide bonds. The van der Waals surface area contributed by atoms with E-state index in [0.717, 1.165) is 35.1 Å². The van der Waals surface area contributed by atoms with E-state index in [1.54, 1.807) is 0 Å². The highest BCUT2D eigenvalue weighted by Gasteiger charge is 2.17. The highest BCUT2D eigenvalue weighted by Crippen LogP contribution is 2.24. The maximum atomic E-state index is 12.1. The number of rotatable bonds is 3. The van der Waals surface area contributed by atoms with Gasteiger partial charge in [0.2, 0.25) is 0 Å². The van der Waals surface area contributed by atoms with Crippen molar-refractivity contribution in [3.63, 3.8) is 0 Å². The maximum absolute atomic E-state index is 12.1. The first kappa shape index (κ1) is 11.7. The Kier molecular flexibility index (Phi) is 3.18. The molecule has 17 heavy (non-hydrogen) atoms. The fourth-order valence-corrected chi connectivity index (χ4v) is 2.13. The molecule has 3 heteroatoms. The van der Waals surface area contributed by atoms with Crippen molar-refractivity contribution in [3.8, 4) is 0 Å². The summed E-state index contributed by atoms with van der Waals surface area (Å²) >= 11 is 0. The third kappa shape index (κ3) is 1.93. The van der Waals surface area contributed by atoms with Gasteiger partial charge in [0, 0.05) is 30.2 Å². The second-order valence-corrected chi connectivity index (χ2v) is 4.29. The zero-order valence-electron chi connectivity index (χ0n) is 10.6. The largest absolute Gasteiger partial charge is 0.352 e. The number of aryl methyl sites for hydroxylation is 1. The quantitative estimate of drug-likeness (QED) is 0.864. The number of nitrogens with zero attached hydrogens (tertiary/aromatic N) is 1. The van der Waals surface area contributed by atoms with Crippen molar-refractivity contribution >= 4 is 16.8 Å². The molecule has 1 aromatic carbocycles. The molecule has 1 N–H and O–H groups in total. The topological polar surface area (TPSA) is 34.0 Å². The summed E-state index contributed by atoms with van der Waals surface area (Å²) in [6.45, 7) is 4.76. The number of benzene rings is 1. The zero-order chi connectivity index (χ0) is 12.4. The second kappa shape index (κ2) is 4.62. The monoisotopic (exact) mass is 230 g/mol. The lowest BCUT2D eigenvalue weighted by atomic mass is 10.1. The van der Waals surface area contributed by atoms with Crippen molar-refractivity contribution in [1.82, 2.24) is 9.88 Å². The van der Waals surface area contributed by atoms with E-state index in [-0.39, 0.29) is 5.91 Å². The molecular formula is C14H18N2O. The molecule has 2 rings (SSSR count). The first-order chi connectivity index (χ1) is 8.16. The number of hydrogen-bond acceptors (Lipinski definition) is 1. The smallest absolute Gasteiger partial charge is 0.253 e. The van der Waals surface area contributed by atoms with Crippen LogP contribution in [0, 0.1) is 6.92 Å². The van der Waals surface area contributed by atoms with Crippen molar-refractivity contribution < 1.29 is 4.79 Å². The summed E-state index contributed by atoms with van der Waals surface area (Å²) in [4.78, 5) is 12.1. The summed E-state index contributed by atoms with van der Waals surface area (Å²) in [5.41, 5.74) is 2.92. The van der Waals surface area contributed by atoms with Crippen LogP contribution in [-0.4, -0.2) is 17.0 Å². The molecule has 0 atom stereocenters. The van der Waals surface area contributed by atoms with E-state index in [2.05, 4.69) is 16.8 Å². The number of amides is 1. The fourth-order valence-electron chi connectivity index (χ4n) is 2.13. The van der Waals surface area contributed by atoms with E-state index >= 15 is 0 Å². The standard InChI is InChI=1S/C14H18N2O/c1-4-9-15-14(17)13-10(2)16(3)12-8-6-5-7-11(12)13/h5-8H,4,9H2,1-3H3,(H,15,17). The average molecular weight is 230 g/mol. The predicted octanol–water partition coefficient (Wildman–Crippen LogP) is 2.63. The van der Waals surface area contributed by atoms with Gasteiger partial charge in [-0.05, 0) is 19.4 Å². The Balaban J connectivity index is 2.53. The Morgan fingerprint density at radius 3 is 2.76 bits per heavy atom. The lowest BCUT2D eigenvalue weighted by Gasteiger charge is -2.04. The molecule has 1 heterocycles. The molecule has 1 aromatic heterocycles. The van der Waals surface area contributed by atoms with E-state index in [1.165, 1.54) is 0 Å². The van der Waals surface area contributed by atoms with Crippen LogP contribution in [0.3, 0.4) is 0 Å². The van der Waals surface area contributed by atoms with Gasteiger partial charge in [-0.2, -0.15) is 0 Å². The van der Waals surface area contributed by atoms with Gasteiger partial charge in [0.15, 0.2) is 0 Å². The van der Waals surface area contributed by atoms with Gasteiger partial charge in [-0.25, -0.2) is 0 Å². The second-order valence-electron chi connectivity index (χ2n) is 4.29. The Morgan fingerprint density at radius 1 is 1.35 bits per heavy atom. The van der Waals surface area contributed by atoms with Gasteiger partial charge in [0.1, 0.15) is 0 Å². The number of hydrogen-bond donors (Lipinski definition) is 1. The van der Waals surface area contributed by atoms with E-state index in [1.807, 2.05) is 38.2 Å². The summed E-state index contributed by atoms with van der Waals surface area (Å²) in [6.07, 6.45) is 0.954. The van der Waals surface area contributed by atoms with E-state index in [0.29, 0.717) is 0 Å². The molecule has 0 unspecified atom stereocenters. The fraction of sp³-hybridized carbons (Fsp3) is 0.357. The van der Waals surface area contributed by atoms with Crippen LogP contribution in [0.4, 0.5) is 0 Å². The molecule has 90 valence electrons. The van der Waals surface area contributed by atoms with Crippen molar-refractivity contribution in [2.45, 2.75) is 20.3 Å². The molecule has 3 nitrogen and oxygen atoms in total. The van der Waals surface area contributed by atoms with E-state index in [9.17, 15) is 4.79 Å². The lowest BCUT2D eigenvalue weighted by Crippen LogP contribution is -2.24. The minimum Gasteiger partial charge on any atom is -0.352 e. The molecule has 0 spiro atoms. The zero-order valence-corrected chi connectivity index (χ0v) is 10.6. The number of para-hydroxylation sites is 1. The molecular weight excluding hydrogens is 212 g/mol. The van der Waals surface area contributed by atoms with Crippen molar-refractivity contribution in [2.24, 2.45) is 7.05 Å². The van der Waals surface area contributed by atoms with Gasteiger partial charge in [-0.1, -0.05) is 25.1 Å². The van der Waals surface area contributed by atoms with Crippen molar-refractivity contribution in [1.29, 1.82) is 0 Å². The van der Waals surface area contributed by atoms with Crippen LogP contribution in [0.15, 0.2) is 24.3 Å². The number of nitrogens with one attached hydrogen (secondary N) is 1. The van der Waals surface area contributed by atoms with Crippen molar-refractivity contribution in [3.05, 3.63) is 35.5 Å². The Bertz CT molecular complexity index is 555. The summed E-state index contributed by atoms with van der Waals surface area (Å²) in [5.74, 6) is 0.0288. The van der Waals surface area contributed by atoms with Crippen LogP contribution in [0.5, 0.6) is 0 Å². The number of carbonyl (C=O) groups is 1. The normalized spacial score (nSPS) is 10.8. The summed E-state index contributed by atoms with van der Waals surface area (Å²) in [7, 11) is 1.99. The van der Waals surface area contributed by atoms with E-state index < -0.39 is 0 Å². The molecule has 0 aliphatic heterocycles. The van der Waals surface area contributed by atoms with Gasteiger partial charge in [-0.3, -0.25) is 4.79 Å². The van der Waals surface area contributed by atoms with Gasteiger partial charge in [-0.15, -0.1) is 0 Å². The lowest BCUT2D eigenvalue weighted by molar-refractivity contribution is 0.0954. The first-order valence-electron chi connectivity index (χ1n) is 5.99. The Morgan fingerprint density at radius 2 is 2.06 bits per heavy atom. The van der Waals surface area contributed by atoms with Crippen LogP contribution in [-0.2, 0) is 7.05 Å². The van der Waals surface area contributed by atoms with Crippen LogP contribution >= 0.6 is 0 Å². The molecule has 0 aliphatic carbocycles. The molecule has 0 saturated heterocycles. The SMILES string of the molecule is CCCNC(=O)c1c(C)n(C)c2ccccc12.